The van der Waals surface area contributed by atoms with Crippen molar-refractivity contribution in [3.05, 3.63) is 46.8 Å². The summed E-state index contributed by atoms with van der Waals surface area (Å²) in [5.41, 5.74) is 2.11. The van der Waals surface area contributed by atoms with Crippen LogP contribution in [0.25, 0.3) is 0 Å². The van der Waals surface area contributed by atoms with Gasteiger partial charge in [-0.3, -0.25) is 9.59 Å². The van der Waals surface area contributed by atoms with Gasteiger partial charge in [-0.05, 0) is 31.9 Å². The summed E-state index contributed by atoms with van der Waals surface area (Å²) in [6.45, 7) is 7.53. The van der Waals surface area contributed by atoms with E-state index in [1.807, 2.05) is 26.8 Å². The van der Waals surface area contributed by atoms with Crippen LogP contribution in [-0.4, -0.2) is 52.8 Å². The number of nitrogens with one attached hydrogen (secondary N) is 1. The lowest BCUT2D eigenvalue weighted by Crippen LogP contribution is -2.48. The topological polar surface area (TPSA) is 105 Å². The largest absolute Gasteiger partial charge is 0.496 e. The molecule has 4 atom stereocenters. The number of hydrogen-bond acceptors (Lipinski definition) is 6. The van der Waals surface area contributed by atoms with Gasteiger partial charge in [0, 0.05) is 30.2 Å². The van der Waals surface area contributed by atoms with E-state index in [4.69, 9.17) is 15.7 Å². The second-order valence-corrected chi connectivity index (χ2v) is 8.82. The van der Waals surface area contributed by atoms with Crippen LogP contribution in [0.15, 0.2) is 28.8 Å². The van der Waals surface area contributed by atoms with E-state index in [0.717, 1.165) is 5.56 Å². The Hall–Kier alpha value is -3.31. The molecule has 0 radical (unpaired) electrons. The summed E-state index contributed by atoms with van der Waals surface area (Å²) in [7, 11) is 1.54. The van der Waals surface area contributed by atoms with Crippen LogP contribution in [0.4, 0.5) is 0 Å². The van der Waals surface area contributed by atoms with Gasteiger partial charge in [-0.25, -0.2) is 0 Å². The average molecular weight is 454 g/mol. The third-order valence-corrected chi connectivity index (χ3v) is 5.98. The molecule has 2 heterocycles. The van der Waals surface area contributed by atoms with E-state index < -0.39 is 24.1 Å². The highest BCUT2D eigenvalue weighted by Crippen LogP contribution is 2.32. The number of aryl methyl sites for hydroxylation is 1. The molecular formula is C25H31N3O5. The molecular weight excluding hydrogens is 422 g/mol. The minimum Gasteiger partial charge on any atom is -0.496 e. The molecule has 1 aliphatic heterocycles. The van der Waals surface area contributed by atoms with Crippen molar-refractivity contribution in [1.29, 1.82) is 0 Å². The zero-order valence-electron chi connectivity index (χ0n) is 19.7. The molecule has 176 valence electrons. The van der Waals surface area contributed by atoms with Crippen LogP contribution in [0.5, 0.6) is 5.75 Å². The number of benzene rings is 1. The van der Waals surface area contributed by atoms with E-state index >= 15 is 0 Å². The summed E-state index contributed by atoms with van der Waals surface area (Å²) >= 11 is 0. The highest BCUT2D eigenvalue weighted by Gasteiger charge is 2.43. The molecule has 1 aromatic heterocycles. The van der Waals surface area contributed by atoms with E-state index in [1.165, 1.54) is 4.90 Å². The first-order chi connectivity index (χ1) is 15.7. The van der Waals surface area contributed by atoms with Crippen LogP contribution in [0, 0.1) is 25.2 Å². The van der Waals surface area contributed by atoms with Crippen LogP contribution < -0.4 is 10.1 Å². The van der Waals surface area contributed by atoms with Crippen LogP contribution >= 0.6 is 0 Å². The van der Waals surface area contributed by atoms with Gasteiger partial charge in [-0.2, -0.15) is 0 Å². The number of methoxy groups -OCH3 is 1. The van der Waals surface area contributed by atoms with Gasteiger partial charge in [0.25, 0.3) is 0 Å². The third kappa shape index (κ3) is 5.20. The fourth-order valence-corrected chi connectivity index (χ4v) is 4.30. The minimum atomic E-state index is -0.795. The molecule has 8 heteroatoms. The minimum absolute atomic E-state index is 0.0795. The number of aliphatic hydroxyl groups excluding tert-OH is 1. The maximum absolute atomic E-state index is 13.5. The first-order valence-corrected chi connectivity index (χ1v) is 11.0. The lowest BCUT2D eigenvalue weighted by atomic mass is 9.91. The molecule has 33 heavy (non-hydrogen) atoms. The van der Waals surface area contributed by atoms with E-state index in [1.54, 1.807) is 32.2 Å². The molecule has 1 aromatic carbocycles. The van der Waals surface area contributed by atoms with Crippen molar-refractivity contribution >= 4 is 11.8 Å². The molecule has 3 rings (SSSR count). The zero-order valence-corrected chi connectivity index (χ0v) is 19.7. The summed E-state index contributed by atoms with van der Waals surface area (Å²) < 4.78 is 10.8. The van der Waals surface area contributed by atoms with Crippen molar-refractivity contribution in [2.45, 2.75) is 58.2 Å². The number of terminal acetylenes is 1. The monoisotopic (exact) mass is 453 g/mol. The van der Waals surface area contributed by atoms with E-state index in [9.17, 15) is 14.7 Å². The molecule has 0 bridgehead atoms. The van der Waals surface area contributed by atoms with Gasteiger partial charge in [0.2, 0.25) is 11.8 Å². The Kier molecular flexibility index (Phi) is 7.44. The van der Waals surface area contributed by atoms with E-state index in [-0.39, 0.29) is 30.7 Å². The summed E-state index contributed by atoms with van der Waals surface area (Å²) in [6.07, 6.45) is 4.84. The summed E-state index contributed by atoms with van der Waals surface area (Å²) in [6, 6.07) is 5.87. The first kappa shape index (κ1) is 24.3. The Bertz CT molecular complexity index is 1050. The van der Waals surface area contributed by atoms with E-state index in [0.29, 0.717) is 22.8 Å². The van der Waals surface area contributed by atoms with Gasteiger partial charge < -0.3 is 24.6 Å². The maximum Gasteiger partial charge on any atom is 0.243 e. The van der Waals surface area contributed by atoms with Gasteiger partial charge >= 0.3 is 0 Å². The number of hydrogen-bond donors (Lipinski definition) is 2. The maximum atomic E-state index is 13.5. The van der Waals surface area contributed by atoms with Crippen molar-refractivity contribution in [1.82, 2.24) is 15.4 Å². The van der Waals surface area contributed by atoms with Crippen LogP contribution in [-0.2, 0) is 9.59 Å². The number of β-amino-alcohol motifs (C(OH)–C–C–N with tert-alkyl or cyclic N) is 1. The Balaban J connectivity index is 1.80. The van der Waals surface area contributed by atoms with Gasteiger partial charge in [0.05, 0.1) is 24.9 Å². The Labute approximate surface area is 194 Å². The molecule has 0 spiro atoms. The number of aromatic nitrogens is 1. The number of aliphatic hydroxyl groups is 1. The highest BCUT2D eigenvalue weighted by molar-refractivity contribution is 5.91. The van der Waals surface area contributed by atoms with Crippen molar-refractivity contribution in [3.8, 4) is 18.1 Å². The number of nitrogens with zero attached hydrogens (tertiary/aromatic N) is 2. The highest BCUT2D eigenvalue weighted by atomic mass is 16.5. The summed E-state index contributed by atoms with van der Waals surface area (Å²) in [5.74, 6) is 2.31. The fourth-order valence-electron chi connectivity index (χ4n) is 4.30. The normalized spacial score (nSPS) is 19.8. The number of ether oxygens (including phenoxy) is 1. The molecule has 1 saturated heterocycles. The molecule has 0 saturated carbocycles. The van der Waals surface area contributed by atoms with E-state index in [2.05, 4.69) is 16.4 Å². The molecule has 0 unspecified atom stereocenters. The quantitative estimate of drug-likeness (QED) is 0.625. The molecule has 2 amide bonds. The first-order valence-electron chi connectivity index (χ1n) is 11.0. The van der Waals surface area contributed by atoms with Crippen molar-refractivity contribution in [2.24, 2.45) is 5.92 Å². The van der Waals surface area contributed by atoms with Crippen molar-refractivity contribution in [2.75, 3.05) is 13.7 Å². The van der Waals surface area contributed by atoms with Crippen molar-refractivity contribution < 1.29 is 24.0 Å². The second-order valence-electron chi connectivity index (χ2n) is 8.82. The molecule has 1 fully saturated rings. The van der Waals surface area contributed by atoms with Crippen LogP contribution in [0.3, 0.4) is 0 Å². The predicted molar refractivity (Wildman–Crippen MR) is 122 cm³/mol. The fraction of sp³-hybridized carbons (Fsp3) is 0.480. The number of likely N-dealkylation sites (tertiary alicyclic amines) is 1. The SMILES string of the molecule is C#Cc1ccc([C@@H](C)NC(=O)[C@@H]2C[C@@H](O)CN2C(=O)[C@@H](c2cc(C)no2)C(C)C)c(OC)c1. The Morgan fingerprint density at radius 1 is 1.33 bits per heavy atom. The molecule has 2 aromatic rings. The predicted octanol–water partition coefficient (Wildman–Crippen LogP) is 2.55. The van der Waals surface area contributed by atoms with Gasteiger partial charge in [0.15, 0.2) is 0 Å². The van der Waals surface area contributed by atoms with Gasteiger partial charge in [-0.1, -0.05) is 31.0 Å². The molecule has 8 nitrogen and oxygen atoms in total. The number of rotatable bonds is 7. The second kappa shape index (κ2) is 10.1. The molecule has 1 aliphatic rings. The standard InChI is InChI=1S/C25H31N3O5/c1-7-17-8-9-19(21(11-17)32-6)16(5)26-24(30)20-12-18(29)13-28(20)25(31)23(14(2)3)22-10-15(4)27-33-22/h1,8-11,14,16,18,20,23,29H,12-13H2,2-6H3,(H,26,30)/t16-,18-,20+,23-/m1/s1. The van der Waals surface area contributed by atoms with Gasteiger partial charge in [0.1, 0.15) is 23.5 Å². The van der Waals surface area contributed by atoms with Gasteiger partial charge in [-0.15, -0.1) is 6.42 Å². The lowest BCUT2D eigenvalue weighted by Gasteiger charge is -2.29. The Morgan fingerprint density at radius 2 is 2.06 bits per heavy atom. The number of carbonyl (C=O) groups excluding carboxylic acids is 2. The molecule has 0 aliphatic carbocycles. The lowest BCUT2D eigenvalue weighted by molar-refractivity contribution is -0.141. The number of carbonyl (C=O) groups is 2. The van der Waals surface area contributed by atoms with Crippen LogP contribution in [0.1, 0.15) is 61.7 Å². The Morgan fingerprint density at radius 3 is 2.64 bits per heavy atom. The average Bonchev–Trinajstić information content (AvgIpc) is 3.38. The smallest absolute Gasteiger partial charge is 0.243 e. The number of amides is 2. The third-order valence-electron chi connectivity index (χ3n) is 5.98. The van der Waals surface area contributed by atoms with Crippen LogP contribution in [0.2, 0.25) is 0 Å². The summed E-state index contributed by atoms with van der Waals surface area (Å²) in [5, 5.41) is 17.2. The summed E-state index contributed by atoms with van der Waals surface area (Å²) in [4.78, 5) is 28.2. The zero-order chi connectivity index (χ0) is 24.3. The molecule has 2 N–H and O–H groups in total. The van der Waals surface area contributed by atoms with Crippen molar-refractivity contribution in [3.63, 3.8) is 0 Å².